The summed E-state index contributed by atoms with van der Waals surface area (Å²) in [4.78, 5) is 12.9. The van der Waals surface area contributed by atoms with E-state index < -0.39 is 0 Å². The number of amides is 1. The molecule has 6 heteroatoms. The maximum atomic E-state index is 12.9. The van der Waals surface area contributed by atoms with Gasteiger partial charge in [0.1, 0.15) is 12.4 Å². The Kier molecular flexibility index (Phi) is 5.66. The number of carbonyl (C=O) groups excluding carboxylic acids is 1. The van der Waals surface area contributed by atoms with Crippen molar-refractivity contribution in [2.24, 2.45) is 0 Å². The Hall–Kier alpha value is -3.93. The van der Waals surface area contributed by atoms with Gasteiger partial charge in [-0.05, 0) is 48.2 Å². The van der Waals surface area contributed by atoms with E-state index in [0.717, 1.165) is 41.1 Å². The average molecular weight is 425 g/mol. The third-order valence-corrected chi connectivity index (χ3v) is 5.51. The second kappa shape index (κ2) is 9.06. The molecule has 1 fully saturated rings. The Balaban J connectivity index is 1.22. The number of carbonyl (C=O) groups is 1. The highest BCUT2D eigenvalue weighted by molar-refractivity contribution is 5.93. The molecule has 1 amide bonds. The van der Waals surface area contributed by atoms with Gasteiger partial charge >= 0.3 is 0 Å². The summed E-state index contributed by atoms with van der Waals surface area (Å²) in [7, 11) is 0. The van der Waals surface area contributed by atoms with E-state index in [-0.39, 0.29) is 5.91 Å². The largest absolute Gasteiger partial charge is 0.489 e. The predicted molar refractivity (Wildman–Crippen MR) is 122 cm³/mol. The first-order valence-corrected chi connectivity index (χ1v) is 10.8. The van der Waals surface area contributed by atoms with Crippen LogP contribution in [0.3, 0.4) is 0 Å². The highest BCUT2D eigenvalue weighted by atomic mass is 16.5. The van der Waals surface area contributed by atoms with Gasteiger partial charge in [-0.2, -0.15) is 0 Å². The molecular formula is C26H24N4O2. The molecule has 0 saturated heterocycles. The van der Waals surface area contributed by atoms with Crippen molar-refractivity contribution in [2.75, 3.05) is 0 Å². The highest BCUT2D eigenvalue weighted by Crippen LogP contribution is 2.41. The van der Waals surface area contributed by atoms with Crippen LogP contribution < -0.4 is 10.1 Å². The van der Waals surface area contributed by atoms with Crippen molar-refractivity contribution in [3.8, 4) is 11.4 Å². The topological polar surface area (TPSA) is 69.0 Å². The lowest BCUT2D eigenvalue weighted by atomic mass is 10.1. The monoisotopic (exact) mass is 424 g/mol. The number of hydrogen-bond donors (Lipinski definition) is 1. The molecule has 160 valence electrons. The number of nitrogens with zero attached hydrogens (tertiary/aromatic N) is 3. The molecule has 1 heterocycles. The summed E-state index contributed by atoms with van der Waals surface area (Å²) in [6, 6.07) is 27.6. The predicted octanol–water partition coefficient (Wildman–Crippen LogP) is 4.65. The van der Waals surface area contributed by atoms with Gasteiger partial charge in [-0.15, -0.1) is 5.10 Å². The number of para-hydroxylation sites is 2. The van der Waals surface area contributed by atoms with Crippen LogP contribution in [0, 0.1) is 0 Å². The third kappa shape index (κ3) is 4.54. The van der Waals surface area contributed by atoms with E-state index in [1.165, 1.54) is 0 Å². The zero-order chi connectivity index (χ0) is 21.8. The van der Waals surface area contributed by atoms with Gasteiger partial charge in [0.25, 0.3) is 5.91 Å². The maximum Gasteiger partial charge on any atom is 0.274 e. The van der Waals surface area contributed by atoms with E-state index in [9.17, 15) is 4.79 Å². The van der Waals surface area contributed by atoms with Gasteiger partial charge in [0, 0.05) is 12.5 Å². The van der Waals surface area contributed by atoms with Crippen LogP contribution in [-0.4, -0.2) is 20.9 Å². The summed E-state index contributed by atoms with van der Waals surface area (Å²) in [5.41, 5.74) is 4.34. The lowest BCUT2D eigenvalue weighted by molar-refractivity contribution is 0.0944. The Morgan fingerprint density at radius 2 is 1.56 bits per heavy atom. The molecule has 1 aliphatic carbocycles. The molecule has 6 nitrogen and oxygen atoms in total. The van der Waals surface area contributed by atoms with Crippen LogP contribution in [0.4, 0.5) is 0 Å². The molecule has 4 aromatic rings. The number of ether oxygens (including phenoxy) is 1. The van der Waals surface area contributed by atoms with Gasteiger partial charge in [0.15, 0.2) is 5.69 Å². The van der Waals surface area contributed by atoms with Crippen LogP contribution in [0.25, 0.3) is 5.69 Å². The van der Waals surface area contributed by atoms with E-state index in [0.29, 0.717) is 24.8 Å². The lowest BCUT2D eigenvalue weighted by Gasteiger charge is -2.09. The van der Waals surface area contributed by atoms with Crippen molar-refractivity contribution >= 4 is 5.91 Å². The molecule has 1 saturated carbocycles. The van der Waals surface area contributed by atoms with Crippen LogP contribution in [0.2, 0.25) is 0 Å². The summed E-state index contributed by atoms with van der Waals surface area (Å²) in [6.07, 6.45) is 2.13. The third-order valence-electron chi connectivity index (χ3n) is 5.51. The zero-order valence-corrected chi connectivity index (χ0v) is 17.6. The van der Waals surface area contributed by atoms with Crippen molar-refractivity contribution < 1.29 is 9.53 Å². The van der Waals surface area contributed by atoms with E-state index in [4.69, 9.17) is 4.74 Å². The Morgan fingerprint density at radius 1 is 0.906 bits per heavy atom. The van der Waals surface area contributed by atoms with E-state index in [2.05, 4.69) is 15.6 Å². The first-order chi connectivity index (χ1) is 15.8. The van der Waals surface area contributed by atoms with Crippen LogP contribution in [-0.2, 0) is 13.2 Å². The standard InChI is InChI=1S/C26H24N4O2/c31-26(24-25(21-15-16-21)30(29-28-24)22-7-3-1-4-8-22)27-17-19-11-13-20(14-12-19)18-32-23-9-5-2-6-10-23/h1-14,21H,15-18H2,(H,27,31). The first kappa shape index (κ1) is 20.0. The van der Waals surface area contributed by atoms with Gasteiger partial charge in [-0.1, -0.05) is 65.9 Å². The SMILES string of the molecule is O=C(NCc1ccc(COc2ccccc2)cc1)c1nnn(-c2ccccc2)c1C1CC1. The quantitative estimate of drug-likeness (QED) is 0.447. The first-order valence-electron chi connectivity index (χ1n) is 10.8. The van der Waals surface area contributed by atoms with Crippen LogP contribution in [0.5, 0.6) is 5.75 Å². The molecule has 0 atom stereocenters. The smallest absolute Gasteiger partial charge is 0.274 e. The summed E-state index contributed by atoms with van der Waals surface area (Å²) < 4.78 is 7.58. The number of benzene rings is 3. The zero-order valence-electron chi connectivity index (χ0n) is 17.6. The van der Waals surface area contributed by atoms with Gasteiger partial charge in [0.05, 0.1) is 11.4 Å². The van der Waals surface area contributed by atoms with Crippen molar-refractivity contribution in [2.45, 2.75) is 31.9 Å². The number of aromatic nitrogens is 3. The molecule has 0 bridgehead atoms. The minimum absolute atomic E-state index is 0.189. The molecule has 0 radical (unpaired) electrons. The minimum atomic E-state index is -0.189. The maximum absolute atomic E-state index is 12.9. The fraction of sp³-hybridized carbons (Fsp3) is 0.192. The van der Waals surface area contributed by atoms with E-state index in [1.807, 2.05) is 84.9 Å². The molecular weight excluding hydrogens is 400 g/mol. The Labute approximate surface area is 186 Å². The second-order valence-corrected chi connectivity index (χ2v) is 7.95. The molecule has 32 heavy (non-hydrogen) atoms. The van der Waals surface area contributed by atoms with Crippen molar-refractivity contribution in [1.82, 2.24) is 20.3 Å². The number of rotatable bonds is 8. The summed E-state index contributed by atoms with van der Waals surface area (Å²) in [5.74, 6) is 0.999. The highest BCUT2D eigenvalue weighted by Gasteiger charge is 2.34. The van der Waals surface area contributed by atoms with Gasteiger partial charge in [0.2, 0.25) is 0 Å². The second-order valence-electron chi connectivity index (χ2n) is 7.95. The van der Waals surface area contributed by atoms with Gasteiger partial charge in [-0.25, -0.2) is 4.68 Å². The van der Waals surface area contributed by atoms with Crippen LogP contribution in [0.15, 0.2) is 84.9 Å². The summed E-state index contributed by atoms with van der Waals surface area (Å²) in [5, 5.41) is 11.5. The molecule has 3 aromatic carbocycles. The molecule has 0 spiro atoms. The van der Waals surface area contributed by atoms with Crippen molar-refractivity contribution in [1.29, 1.82) is 0 Å². The fourth-order valence-corrected chi connectivity index (χ4v) is 3.64. The Morgan fingerprint density at radius 3 is 2.25 bits per heavy atom. The molecule has 5 rings (SSSR count). The molecule has 0 aliphatic heterocycles. The summed E-state index contributed by atoms with van der Waals surface area (Å²) in [6.45, 7) is 0.935. The minimum Gasteiger partial charge on any atom is -0.489 e. The van der Waals surface area contributed by atoms with Crippen molar-refractivity contribution in [3.63, 3.8) is 0 Å². The van der Waals surface area contributed by atoms with Gasteiger partial charge in [-0.3, -0.25) is 4.79 Å². The summed E-state index contributed by atoms with van der Waals surface area (Å²) >= 11 is 0. The molecule has 1 N–H and O–H groups in total. The van der Waals surface area contributed by atoms with E-state index in [1.54, 1.807) is 4.68 Å². The molecule has 1 aromatic heterocycles. The number of hydrogen-bond acceptors (Lipinski definition) is 4. The van der Waals surface area contributed by atoms with Crippen LogP contribution in [0.1, 0.15) is 46.1 Å². The van der Waals surface area contributed by atoms with Gasteiger partial charge < -0.3 is 10.1 Å². The number of nitrogens with one attached hydrogen (secondary N) is 1. The lowest BCUT2D eigenvalue weighted by Crippen LogP contribution is -2.24. The fourth-order valence-electron chi connectivity index (χ4n) is 3.64. The molecule has 1 aliphatic rings. The van der Waals surface area contributed by atoms with Crippen molar-refractivity contribution in [3.05, 3.63) is 107 Å². The van der Waals surface area contributed by atoms with E-state index >= 15 is 0 Å². The Bertz CT molecular complexity index is 1180. The normalized spacial score (nSPS) is 13.0. The van der Waals surface area contributed by atoms with Crippen LogP contribution >= 0.6 is 0 Å². The molecule has 0 unspecified atom stereocenters. The average Bonchev–Trinajstić information content (AvgIpc) is 3.60.